The predicted octanol–water partition coefficient (Wildman–Crippen LogP) is 3.96. The topological polar surface area (TPSA) is 12.0 Å². The number of benzene rings is 1. The van der Waals surface area contributed by atoms with Crippen LogP contribution < -0.4 is 5.32 Å². The summed E-state index contributed by atoms with van der Waals surface area (Å²) in [4.78, 5) is 0. The van der Waals surface area contributed by atoms with Crippen LogP contribution >= 0.6 is 0 Å². The summed E-state index contributed by atoms with van der Waals surface area (Å²) in [6.45, 7) is 4.85. The van der Waals surface area contributed by atoms with Crippen molar-refractivity contribution in [3.05, 3.63) is 35.9 Å². The van der Waals surface area contributed by atoms with E-state index in [1.165, 1.54) is 45.2 Å². The monoisotopic (exact) mass is 243 g/mol. The van der Waals surface area contributed by atoms with Crippen molar-refractivity contribution < 1.29 is 0 Å². The first-order valence-corrected chi connectivity index (χ1v) is 7.56. The van der Waals surface area contributed by atoms with Gasteiger partial charge in [-0.3, -0.25) is 0 Å². The van der Waals surface area contributed by atoms with E-state index >= 15 is 0 Å². The summed E-state index contributed by atoms with van der Waals surface area (Å²) < 4.78 is 0. The molecule has 1 nitrogen and oxygen atoms in total. The maximum absolute atomic E-state index is 3.62. The Morgan fingerprint density at radius 1 is 1.17 bits per heavy atom. The van der Waals surface area contributed by atoms with Crippen LogP contribution in [0.2, 0.25) is 0 Å². The quantitative estimate of drug-likeness (QED) is 0.787. The Balaban J connectivity index is 1.90. The van der Waals surface area contributed by atoms with Crippen molar-refractivity contribution in [3.63, 3.8) is 0 Å². The molecule has 1 saturated carbocycles. The number of rotatable bonds is 1. The molecular weight excluding hydrogens is 218 g/mol. The van der Waals surface area contributed by atoms with E-state index < -0.39 is 0 Å². The van der Waals surface area contributed by atoms with Crippen LogP contribution in [0, 0.1) is 11.3 Å². The molecule has 1 aliphatic heterocycles. The van der Waals surface area contributed by atoms with Crippen LogP contribution in [-0.4, -0.2) is 13.1 Å². The third kappa shape index (κ3) is 2.21. The Hall–Kier alpha value is -0.820. The van der Waals surface area contributed by atoms with Crippen molar-refractivity contribution in [2.45, 2.75) is 44.9 Å². The van der Waals surface area contributed by atoms with Crippen molar-refractivity contribution >= 4 is 0 Å². The molecule has 1 aliphatic carbocycles. The first-order valence-electron chi connectivity index (χ1n) is 7.56. The fourth-order valence-electron chi connectivity index (χ4n) is 4.38. The van der Waals surface area contributed by atoms with Gasteiger partial charge >= 0.3 is 0 Å². The zero-order valence-electron chi connectivity index (χ0n) is 11.5. The fourth-order valence-corrected chi connectivity index (χ4v) is 4.38. The van der Waals surface area contributed by atoms with Gasteiger partial charge in [-0.25, -0.2) is 0 Å². The summed E-state index contributed by atoms with van der Waals surface area (Å²) in [5, 5.41) is 3.62. The first-order chi connectivity index (χ1) is 8.80. The van der Waals surface area contributed by atoms with Crippen LogP contribution in [0.5, 0.6) is 0 Å². The molecule has 98 valence electrons. The minimum Gasteiger partial charge on any atom is -0.316 e. The predicted molar refractivity (Wildman–Crippen MR) is 76.7 cm³/mol. The maximum Gasteiger partial charge on any atom is 0.00255 e. The van der Waals surface area contributed by atoms with Crippen molar-refractivity contribution in [1.82, 2.24) is 5.32 Å². The molecule has 1 saturated heterocycles. The lowest BCUT2D eigenvalue weighted by molar-refractivity contribution is 0.0757. The normalized spacial score (nSPS) is 36.7. The Morgan fingerprint density at radius 3 is 2.78 bits per heavy atom. The van der Waals surface area contributed by atoms with Gasteiger partial charge in [0.05, 0.1) is 0 Å². The lowest BCUT2D eigenvalue weighted by Gasteiger charge is -2.49. The fraction of sp³-hybridized carbons (Fsp3) is 0.647. The van der Waals surface area contributed by atoms with Gasteiger partial charge in [0.25, 0.3) is 0 Å². The molecule has 0 aromatic heterocycles. The second-order valence-corrected chi connectivity index (χ2v) is 6.48. The van der Waals surface area contributed by atoms with Crippen LogP contribution in [0.25, 0.3) is 0 Å². The van der Waals surface area contributed by atoms with E-state index in [1.807, 2.05) is 0 Å². The molecule has 1 spiro atoms. The van der Waals surface area contributed by atoms with Crippen molar-refractivity contribution in [2.75, 3.05) is 13.1 Å². The molecule has 2 fully saturated rings. The number of hydrogen-bond donors (Lipinski definition) is 1. The Kier molecular flexibility index (Phi) is 3.43. The molecule has 1 aromatic rings. The Bertz CT molecular complexity index is 382. The maximum atomic E-state index is 3.62. The van der Waals surface area contributed by atoms with Crippen LogP contribution in [0.3, 0.4) is 0 Å². The van der Waals surface area contributed by atoms with Gasteiger partial charge in [-0.2, -0.15) is 0 Å². The van der Waals surface area contributed by atoms with Crippen molar-refractivity contribution in [3.8, 4) is 0 Å². The highest BCUT2D eigenvalue weighted by molar-refractivity contribution is 5.24. The minimum absolute atomic E-state index is 0.588. The third-order valence-corrected chi connectivity index (χ3v) is 5.22. The van der Waals surface area contributed by atoms with Gasteiger partial charge in [0, 0.05) is 12.5 Å². The Morgan fingerprint density at radius 2 is 2.00 bits per heavy atom. The molecule has 1 N–H and O–H groups in total. The largest absolute Gasteiger partial charge is 0.316 e. The average molecular weight is 243 g/mol. The third-order valence-electron chi connectivity index (χ3n) is 5.22. The van der Waals surface area contributed by atoms with Gasteiger partial charge in [0.15, 0.2) is 0 Å². The molecular formula is C17H25N. The van der Waals surface area contributed by atoms with Gasteiger partial charge in [-0.15, -0.1) is 0 Å². The average Bonchev–Trinajstić information content (AvgIpc) is 2.40. The summed E-state index contributed by atoms with van der Waals surface area (Å²) in [6.07, 6.45) is 7.13. The molecule has 1 heteroatoms. The lowest BCUT2D eigenvalue weighted by atomic mass is 9.58. The second kappa shape index (κ2) is 5.05. The highest BCUT2D eigenvalue weighted by atomic mass is 14.9. The van der Waals surface area contributed by atoms with Crippen LogP contribution in [0.1, 0.15) is 50.5 Å². The van der Waals surface area contributed by atoms with Crippen molar-refractivity contribution in [1.29, 1.82) is 0 Å². The number of piperidine rings is 1. The SMILES string of the molecule is CC1CCCC2(CCNCC2c2ccccc2)C1. The molecule has 2 aliphatic rings. The highest BCUT2D eigenvalue weighted by Gasteiger charge is 2.43. The summed E-state index contributed by atoms with van der Waals surface area (Å²) in [5.74, 6) is 1.65. The zero-order valence-corrected chi connectivity index (χ0v) is 11.5. The summed E-state index contributed by atoms with van der Waals surface area (Å²) >= 11 is 0. The molecule has 3 rings (SSSR count). The molecule has 3 unspecified atom stereocenters. The molecule has 0 bridgehead atoms. The minimum atomic E-state index is 0.588. The van der Waals surface area contributed by atoms with E-state index in [0.29, 0.717) is 5.41 Å². The van der Waals surface area contributed by atoms with Crippen LogP contribution in [0.4, 0.5) is 0 Å². The van der Waals surface area contributed by atoms with Gasteiger partial charge in [-0.05, 0) is 42.7 Å². The van der Waals surface area contributed by atoms with E-state index in [9.17, 15) is 0 Å². The van der Waals surface area contributed by atoms with Gasteiger partial charge in [0.2, 0.25) is 0 Å². The van der Waals surface area contributed by atoms with Gasteiger partial charge in [-0.1, -0.05) is 50.1 Å². The van der Waals surface area contributed by atoms with E-state index in [4.69, 9.17) is 0 Å². The van der Waals surface area contributed by atoms with Crippen LogP contribution in [0.15, 0.2) is 30.3 Å². The molecule has 18 heavy (non-hydrogen) atoms. The summed E-state index contributed by atoms with van der Waals surface area (Å²) in [5.41, 5.74) is 2.14. The second-order valence-electron chi connectivity index (χ2n) is 6.48. The standard InChI is InChI=1S/C17H25N/c1-14-6-5-9-17(12-14)10-11-18-13-16(17)15-7-3-2-4-8-15/h2-4,7-8,14,16,18H,5-6,9-13H2,1H3. The number of nitrogens with one attached hydrogen (secondary N) is 1. The first kappa shape index (κ1) is 12.2. The molecule has 1 heterocycles. The van der Waals surface area contributed by atoms with E-state index in [-0.39, 0.29) is 0 Å². The van der Waals surface area contributed by atoms with E-state index in [1.54, 1.807) is 5.56 Å². The smallest absolute Gasteiger partial charge is 0.00255 e. The van der Waals surface area contributed by atoms with Crippen molar-refractivity contribution in [2.24, 2.45) is 11.3 Å². The van der Waals surface area contributed by atoms with Gasteiger partial charge in [0.1, 0.15) is 0 Å². The lowest BCUT2D eigenvalue weighted by Crippen LogP contribution is -2.45. The van der Waals surface area contributed by atoms with Crippen LogP contribution in [-0.2, 0) is 0 Å². The van der Waals surface area contributed by atoms with E-state index in [2.05, 4.69) is 42.6 Å². The van der Waals surface area contributed by atoms with Gasteiger partial charge < -0.3 is 5.32 Å². The number of hydrogen-bond acceptors (Lipinski definition) is 1. The van der Waals surface area contributed by atoms with E-state index in [0.717, 1.165) is 11.8 Å². The molecule has 0 amide bonds. The Labute approximate surface area is 111 Å². The highest BCUT2D eigenvalue weighted by Crippen LogP contribution is 2.52. The molecule has 0 radical (unpaired) electrons. The summed E-state index contributed by atoms with van der Waals surface area (Å²) in [6, 6.07) is 11.2. The summed E-state index contributed by atoms with van der Waals surface area (Å²) in [7, 11) is 0. The zero-order chi connectivity index (χ0) is 12.4. The molecule has 1 aromatic carbocycles. The molecule has 3 atom stereocenters.